The number of ether oxygens (including phenoxy) is 2. The lowest BCUT2D eigenvalue weighted by molar-refractivity contribution is -0.0547. The van der Waals surface area contributed by atoms with Gasteiger partial charge in [-0.15, -0.1) is 0 Å². The van der Waals surface area contributed by atoms with E-state index in [1.54, 1.807) is 7.11 Å². The summed E-state index contributed by atoms with van der Waals surface area (Å²) in [5.41, 5.74) is 1.22. The average Bonchev–Trinajstić information content (AvgIpc) is 3.55. The van der Waals surface area contributed by atoms with Gasteiger partial charge in [-0.3, -0.25) is 0 Å². The van der Waals surface area contributed by atoms with Gasteiger partial charge in [-0.05, 0) is 68.1 Å². The van der Waals surface area contributed by atoms with Crippen LogP contribution in [0.3, 0.4) is 0 Å². The highest BCUT2D eigenvalue weighted by Crippen LogP contribution is 2.38. The molecular weight excluding hydrogens is 518 g/mol. The summed E-state index contributed by atoms with van der Waals surface area (Å²) in [7, 11) is -2.36. The van der Waals surface area contributed by atoms with Crippen LogP contribution in [-0.4, -0.2) is 57.0 Å². The number of methoxy groups -OCH3 is 1. The molecule has 1 spiro atoms. The van der Waals surface area contributed by atoms with Crippen molar-refractivity contribution in [2.45, 2.75) is 61.5 Å². The third-order valence-electron chi connectivity index (χ3n) is 7.24. The molecule has 5 rings (SSSR count). The number of rotatable bonds is 6. The number of halogens is 1. The lowest BCUT2D eigenvalue weighted by Crippen LogP contribution is -2.51. The molecule has 1 saturated heterocycles. The van der Waals surface area contributed by atoms with Crippen molar-refractivity contribution in [2.75, 3.05) is 20.2 Å². The number of urea groups is 1. The maximum absolute atomic E-state index is 12.7. The van der Waals surface area contributed by atoms with Crippen LogP contribution in [0.2, 0.25) is 5.02 Å². The minimum Gasteiger partial charge on any atom is -0.493 e. The molecular formula is C26H30ClN3O6S. The number of benzene rings is 2. The van der Waals surface area contributed by atoms with Gasteiger partial charge in [0.25, 0.3) is 10.0 Å². The maximum Gasteiger partial charge on any atom is 0.331 e. The van der Waals surface area contributed by atoms with Crippen molar-refractivity contribution >= 4 is 33.4 Å². The van der Waals surface area contributed by atoms with Gasteiger partial charge in [-0.1, -0.05) is 16.8 Å². The molecule has 1 N–H and O–H groups in total. The summed E-state index contributed by atoms with van der Waals surface area (Å²) in [5, 5.41) is 4.80. The third kappa shape index (κ3) is 5.65. The summed E-state index contributed by atoms with van der Waals surface area (Å²) in [6, 6.07) is 10.8. The number of sulfonamides is 1. The van der Waals surface area contributed by atoms with E-state index in [0.717, 1.165) is 24.1 Å². The Morgan fingerprint density at radius 3 is 2.49 bits per heavy atom. The zero-order valence-corrected chi connectivity index (χ0v) is 22.2. The summed E-state index contributed by atoms with van der Waals surface area (Å²) in [6.07, 6.45) is 6.33. The van der Waals surface area contributed by atoms with E-state index in [4.69, 9.17) is 25.9 Å². The molecule has 2 amide bonds. The molecule has 2 heterocycles. The lowest BCUT2D eigenvalue weighted by atomic mass is 9.85. The molecule has 0 bridgehead atoms. The van der Waals surface area contributed by atoms with E-state index in [0.29, 0.717) is 48.9 Å². The Morgan fingerprint density at radius 1 is 1.11 bits per heavy atom. The van der Waals surface area contributed by atoms with Crippen LogP contribution in [-0.2, 0) is 14.9 Å². The molecule has 0 atom stereocenters. The van der Waals surface area contributed by atoms with Gasteiger partial charge in [0.2, 0.25) is 0 Å². The smallest absolute Gasteiger partial charge is 0.331 e. The van der Waals surface area contributed by atoms with E-state index in [1.165, 1.54) is 42.0 Å². The van der Waals surface area contributed by atoms with Crippen LogP contribution >= 0.6 is 11.6 Å². The maximum atomic E-state index is 12.7. The molecule has 0 aromatic heterocycles. The van der Waals surface area contributed by atoms with Crippen LogP contribution < -0.4 is 14.2 Å². The van der Waals surface area contributed by atoms with Gasteiger partial charge in [-0.2, -0.15) is 0 Å². The van der Waals surface area contributed by atoms with Crippen molar-refractivity contribution in [2.24, 2.45) is 5.16 Å². The van der Waals surface area contributed by atoms with Gasteiger partial charge in [0.15, 0.2) is 11.5 Å². The van der Waals surface area contributed by atoms with E-state index in [1.807, 2.05) is 18.2 Å². The second-order valence-electron chi connectivity index (χ2n) is 9.73. The number of oxime groups is 1. The van der Waals surface area contributed by atoms with E-state index < -0.39 is 21.7 Å². The van der Waals surface area contributed by atoms with Crippen LogP contribution in [0, 0.1) is 0 Å². The van der Waals surface area contributed by atoms with Crippen LogP contribution in [0.15, 0.2) is 52.5 Å². The number of hydrogen-bond acceptors (Lipinski definition) is 7. The standard InChI is InChI=1S/C26H30ClN3O6S/c1-34-23-11-6-18(16-24(23)35-20-4-2-3-5-20)22-17-26(36-28-22)12-14-30(15-13-26)25(31)29-37(32,33)21-9-7-19(27)8-10-21/h6-11,16,20H,2-5,12-15,17H2,1H3,(H,29,31). The number of likely N-dealkylation sites (tertiary alicyclic amines) is 1. The first-order chi connectivity index (χ1) is 17.8. The lowest BCUT2D eigenvalue weighted by Gasteiger charge is -2.37. The fourth-order valence-corrected chi connectivity index (χ4v) is 6.15. The molecule has 2 aromatic carbocycles. The first-order valence-corrected chi connectivity index (χ1v) is 14.3. The minimum atomic E-state index is -3.99. The highest BCUT2D eigenvalue weighted by Gasteiger charge is 2.43. The van der Waals surface area contributed by atoms with Gasteiger partial charge >= 0.3 is 6.03 Å². The summed E-state index contributed by atoms with van der Waals surface area (Å²) in [5.74, 6) is 1.40. The topological polar surface area (TPSA) is 107 Å². The van der Waals surface area contributed by atoms with Gasteiger partial charge in [0, 0.05) is 42.9 Å². The van der Waals surface area contributed by atoms with Crippen molar-refractivity contribution in [1.82, 2.24) is 9.62 Å². The molecule has 11 heteroatoms. The van der Waals surface area contributed by atoms with Crippen molar-refractivity contribution < 1.29 is 27.5 Å². The van der Waals surface area contributed by atoms with E-state index in [-0.39, 0.29) is 11.0 Å². The van der Waals surface area contributed by atoms with E-state index in [9.17, 15) is 13.2 Å². The molecule has 9 nitrogen and oxygen atoms in total. The van der Waals surface area contributed by atoms with Crippen molar-refractivity contribution in [1.29, 1.82) is 0 Å². The Bertz CT molecular complexity index is 1280. The Labute approximate surface area is 221 Å². The highest BCUT2D eigenvalue weighted by molar-refractivity contribution is 7.90. The Hall–Kier alpha value is -2.98. The van der Waals surface area contributed by atoms with Gasteiger partial charge in [0.05, 0.1) is 23.8 Å². The summed E-state index contributed by atoms with van der Waals surface area (Å²) >= 11 is 5.83. The molecule has 37 heavy (non-hydrogen) atoms. The zero-order chi connectivity index (χ0) is 26.0. The van der Waals surface area contributed by atoms with Crippen LogP contribution in [0.4, 0.5) is 4.79 Å². The number of carbonyl (C=O) groups excluding carboxylic acids is 1. The van der Waals surface area contributed by atoms with Crippen molar-refractivity contribution in [3.05, 3.63) is 53.1 Å². The fourth-order valence-electron chi connectivity index (χ4n) is 5.05. The largest absolute Gasteiger partial charge is 0.493 e. The molecule has 1 aliphatic carbocycles. The zero-order valence-electron chi connectivity index (χ0n) is 20.6. The first kappa shape index (κ1) is 25.7. The minimum absolute atomic E-state index is 0.0216. The molecule has 1 saturated carbocycles. The fraction of sp³-hybridized carbons (Fsp3) is 0.462. The Balaban J connectivity index is 1.19. The average molecular weight is 548 g/mol. The predicted octanol–water partition coefficient (Wildman–Crippen LogP) is 4.73. The van der Waals surface area contributed by atoms with Crippen LogP contribution in [0.5, 0.6) is 11.5 Å². The molecule has 198 valence electrons. The number of hydrogen-bond donors (Lipinski definition) is 1. The molecule has 3 aliphatic rings. The van der Waals surface area contributed by atoms with Crippen LogP contribution in [0.1, 0.15) is 50.5 Å². The van der Waals surface area contributed by atoms with Crippen molar-refractivity contribution in [3.8, 4) is 11.5 Å². The molecule has 2 fully saturated rings. The number of carbonyl (C=O) groups is 1. The van der Waals surface area contributed by atoms with Crippen molar-refractivity contribution in [3.63, 3.8) is 0 Å². The normalized spacial score (nSPS) is 19.4. The number of nitrogens with zero attached hydrogens (tertiary/aromatic N) is 2. The van der Waals surface area contributed by atoms with E-state index in [2.05, 4.69) is 9.88 Å². The molecule has 0 radical (unpaired) electrons. The summed E-state index contributed by atoms with van der Waals surface area (Å²) in [4.78, 5) is 20.1. The number of amides is 2. The molecule has 0 unspecified atom stereocenters. The van der Waals surface area contributed by atoms with E-state index >= 15 is 0 Å². The van der Waals surface area contributed by atoms with Gasteiger partial charge < -0.3 is 19.2 Å². The summed E-state index contributed by atoms with van der Waals surface area (Å²) in [6.45, 7) is 0.701. The highest BCUT2D eigenvalue weighted by atomic mass is 35.5. The van der Waals surface area contributed by atoms with Gasteiger partial charge in [-0.25, -0.2) is 17.9 Å². The quantitative estimate of drug-likeness (QED) is 0.560. The summed E-state index contributed by atoms with van der Waals surface area (Å²) < 4.78 is 39.0. The van der Waals surface area contributed by atoms with Gasteiger partial charge in [0.1, 0.15) is 5.60 Å². The second kappa shape index (κ2) is 10.4. The Morgan fingerprint density at radius 2 is 1.81 bits per heavy atom. The number of piperidine rings is 1. The Kier molecular flexibility index (Phi) is 7.22. The predicted molar refractivity (Wildman–Crippen MR) is 139 cm³/mol. The number of nitrogens with one attached hydrogen (secondary N) is 1. The first-order valence-electron chi connectivity index (χ1n) is 12.4. The monoisotopic (exact) mass is 547 g/mol. The van der Waals surface area contributed by atoms with Crippen LogP contribution in [0.25, 0.3) is 0 Å². The molecule has 2 aromatic rings. The SMILES string of the molecule is COc1ccc(C2=NOC3(CCN(C(=O)NS(=O)(=O)c4ccc(Cl)cc4)CC3)C2)cc1OC1CCCC1. The third-order valence-corrected chi connectivity index (χ3v) is 8.83. The second-order valence-corrected chi connectivity index (χ2v) is 11.8. The molecule has 2 aliphatic heterocycles.